The van der Waals surface area contributed by atoms with E-state index in [9.17, 15) is 14.4 Å². The molecule has 0 radical (unpaired) electrons. The summed E-state index contributed by atoms with van der Waals surface area (Å²) in [5.74, 6) is 1.95. The molecule has 3 aliphatic heterocycles. The van der Waals surface area contributed by atoms with E-state index in [1.165, 1.54) is 0 Å². The van der Waals surface area contributed by atoms with Crippen molar-refractivity contribution in [1.82, 2.24) is 15.1 Å². The third-order valence-corrected chi connectivity index (χ3v) is 7.74. The van der Waals surface area contributed by atoms with Gasteiger partial charge < -0.3 is 24.3 Å². The maximum absolute atomic E-state index is 13.4. The molecule has 0 spiro atoms. The number of carbonyl (C=O) groups is 3. The van der Waals surface area contributed by atoms with Gasteiger partial charge in [0.15, 0.2) is 0 Å². The Bertz CT molecular complexity index is 1010. The molecule has 3 aliphatic rings. The minimum Gasteiger partial charge on any atom is -0.497 e. The smallest absolute Gasteiger partial charge is 0.251 e. The van der Waals surface area contributed by atoms with Crippen molar-refractivity contribution in [3.63, 3.8) is 0 Å². The summed E-state index contributed by atoms with van der Waals surface area (Å²) < 4.78 is 10.5. The van der Waals surface area contributed by atoms with Crippen LogP contribution >= 0.6 is 11.8 Å². The summed E-state index contributed by atoms with van der Waals surface area (Å²) >= 11 is 1.71. The Hall–Kier alpha value is -2.94. The fourth-order valence-electron chi connectivity index (χ4n) is 4.84. The highest BCUT2D eigenvalue weighted by Gasteiger charge is 2.55. The van der Waals surface area contributed by atoms with E-state index in [0.717, 1.165) is 5.76 Å². The molecular formula is C23H25N3O5S. The zero-order valence-electron chi connectivity index (χ0n) is 17.7. The number of methoxy groups -OCH3 is 1. The summed E-state index contributed by atoms with van der Waals surface area (Å²) in [6, 6.07) is 9.18. The van der Waals surface area contributed by atoms with Crippen LogP contribution < -0.4 is 10.1 Å². The number of benzene rings is 1. The molecule has 4 unspecified atom stereocenters. The fourth-order valence-corrected chi connectivity index (χ4v) is 5.99. The van der Waals surface area contributed by atoms with E-state index in [1.807, 2.05) is 12.1 Å². The Morgan fingerprint density at radius 2 is 2.00 bits per heavy atom. The predicted molar refractivity (Wildman–Crippen MR) is 118 cm³/mol. The lowest BCUT2D eigenvalue weighted by Gasteiger charge is -2.40. The third-order valence-electron chi connectivity index (χ3n) is 6.47. The second kappa shape index (κ2) is 8.54. The summed E-state index contributed by atoms with van der Waals surface area (Å²) in [5.41, 5.74) is 0.493. The Morgan fingerprint density at radius 3 is 2.72 bits per heavy atom. The second-order valence-corrected chi connectivity index (χ2v) is 9.62. The van der Waals surface area contributed by atoms with Crippen LogP contribution in [-0.4, -0.2) is 71.1 Å². The zero-order valence-corrected chi connectivity index (χ0v) is 18.5. The van der Waals surface area contributed by atoms with Gasteiger partial charge in [0.25, 0.3) is 5.91 Å². The topological polar surface area (TPSA) is 92.1 Å². The fraction of sp³-hybridized carbons (Fsp3) is 0.435. The van der Waals surface area contributed by atoms with E-state index in [-0.39, 0.29) is 23.0 Å². The van der Waals surface area contributed by atoms with Crippen LogP contribution in [0.15, 0.2) is 47.1 Å². The molecule has 0 bridgehead atoms. The molecule has 168 valence electrons. The highest BCUT2D eigenvalue weighted by atomic mass is 32.2. The normalized spacial score (nSPS) is 26.8. The van der Waals surface area contributed by atoms with Gasteiger partial charge >= 0.3 is 0 Å². The molecule has 3 amide bonds. The van der Waals surface area contributed by atoms with Crippen molar-refractivity contribution in [2.24, 2.45) is 0 Å². The number of amides is 3. The van der Waals surface area contributed by atoms with Crippen LogP contribution in [0.1, 0.15) is 29.0 Å². The van der Waals surface area contributed by atoms with Crippen LogP contribution in [-0.2, 0) is 15.3 Å². The van der Waals surface area contributed by atoms with E-state index >= 15 is 0 Å². The van der Waals surface area contributed by atoms with E-state index in [1.54, 1.807) is 59.2 Å². The minimum absolute atomic E-state index is 0.00287. The number of nitrogens with one attached hydrogen (secondary N) is 1. The van der Waals surface area contributed by atoms with Crippen molar-refractivity contribution >= 4 is 29.5 Å². The molecule has 32 heavy (non-hydrogen) atoms. The number of thioether (sulfide) groups is 1. The molecule has 3 fully saturated rings. The number of hydrogen-bond acceptors (Lipinski definition) is 6. The summed E-state index contributed by atoms with van der Waals surface area (Å²) in [6.07, 6.45) is 2.87. The first-order chi connectivity index (χ1) is 15.5. The zero-order chi connectivity index (χ0) is 22.2. The number of ether oxygens (including phenoxy) is 1. The molecular weight excluding hydrogens is 430 g/mol. The SMILES string of the molecule is COc1ccc(C(=O)NC2CCN3C(=O)C4CC(SCc5ccco5)CN4C(=O)C23)cc1. The number of carbonyl (C=O) groups excluding carboxylic acids is 3. The van der Waals surface area contributed by atoms with E-state index < -0.39 is 18.1 Å². The lowest BCUT2D eigenvalue weighted by molar-refractivity contribution is -0.157. The van der Waals surface area contributed by atoms with Crippen LogP contribution in [0.5, 0.6) is 5.75 Å². The van der Waals surface area contributed by atoms with Crippen molar-refractivity contribution in [3.05, 3.63) is 54.0 Å². The number of rotatable bonds is 6. The number of hydrogen-bond donors (Lipinski definition) is 1. The standard InChI is InChI=1S/C23H25N3O5S/c1-30-15-6-4-14(5-7-15)21(27)24-18-8-9-25-20(18)23(29)26-12-17(11-19(26)22(25)28)32-13-16-3-2-10-31-16/h2-7,10,17-20H,8-9,11-13H2,1H3,(H,24,27). The van der Waals surface area contributed by atoms with E-state index in [0.29, 0.717) is 43.0 Å². The Kier molecular flexibility index (Phi) is 5.58. The van der Waals surface area contributed by atoms with Gasteiger partial charge in [-0.1, -0.05) is 0 Å². The largest absolute Gasteiger partial charge is 0.497 e. The van der Waals surface area contributed by atoms with Crippen molar-refractivity contribution < 1.29 is 23.5 Å². The van der Waals surface area contributed by atoms with Crippen molar-refractivity contribution in [1.29, 1.82) is 0 Å². The number of piperazine rings is 1. The summed E-state index contributed by atoms with van der Waals surface area (Å²) in [4.78, 5) is 42.7. The van der Waals surface area contributed by atoms with Gasteiger partial charge in [-0.2, -0.15) is 0 Å². The monoisotopic (exact) mass is 455 g/mol. The van der Waals surface area contributed by atoms with Crippen molar-refractivity contribution in [2.75, 3.05) is 20.2 Å². The number of fused-ring (bicyclic) bond motifs is 2. The van der Waals surface area contributed by atoms with Gasteiger partial charge in [-0.25, -0.2) is 0 Å². The quantitative estimate of drug-likeness (QED) is 0.716. The van der Waals surface area contributed by atoms with Crippen LogP contribution in [0.25, 0.3) is 0 Å². The third kappa shape index (κ3) is 3.74. The Morgan fingerprint density at radius 1 is 1.19 bits per heavy atom. The van der Waals surface area contributed by atoms with Gasteiger partial charge in [-0.05, 0) is 49.2 Å². The van der Waals surface area contributed by atoms with Crippen LogP contribution in [0, 0.1) is 0 Å². The van der Waals surface area contributed by atoms with Crippen molar-refractivity contribution in [2.45, 2.75) is 42.0 Å². The molecule has 1 N–H and O–H groups in total. The molecule has 5 rings (SSSR count). The number of furan rings is 1. The first-order valence-electron chi connectivity index (χ1n) is 10.7. The molecule has 8 nitrogen and oxygen atoms in total. The first kappa shape index (κ1) is 20.9. The molecule has 4 atom stereocenters. The van der Waals surface area contributed by atoms with Crippen LogP contribution in [0.3, 0.4) is 0 Å². The molecule has 0 aliphatic carbocycles. The molecule has 1 aromatic carbocycles. The van der Waals surface area contributed by atoms with Crippen molar-refractivity contribution in [3.8, 4) is 5.75 Å². The summed E-state index contributed by atoms with van der Waals surface area (Å²) in [7, 11) is 1.57. The van der Waals surface area contributed by atoms with Gasteiger partial charge in [-0.15, -0.1) is 11.8 Å². The van der Waals surface area contributed by atoms with Gasteiger partial charge in [0, 0.05) is 23.9 Å². The average molecular weight is 456 g/mol. The maximum Gasteiger partial charge on any atom is 0.251 e. The maximum atomic E-state index is 13.4. The molecule has 9 heteroatoms. The molecule has 2 aromatic rings. The van der Waals surface area contributed by atoms with Gasteiger partial charge in [0.05, 0.1) is 25.2 Å². The molecule has 4 heterocycles. The summed E-state index contributed by atoms with van der Waals surface area (Å²) in [5, 5.41) is 3.16. The minimum atomic E-state index is -0.630. The molecule has 1 aromatic heterocycles. The average Bonchev–Trinajstić information content (AvgIpc) is 3.56. The molecule has 3 saturated heterocycles. The highest BCUT2D eigenvalue weighted by molar-refractivity contribution is 7.99. The van der Waals surface area contributed by atoms with Gasteiger partial charge in [0.2, 0.25) is 11.8 Å². The lowest BCUT2D eigenvalue weighted by Crippen LogP contribution is -2.64. The van der Waals surface area contributed by atoms with Crippen LogP contribution in [0.4, 0.5) is 0 Å². The highest BCUT2D eigenvalue weighted by Crippen LogP contribution is 2.37. The summed E-state index contributed by atoms with van der Waals surface area (Å²) in [6.45, 7) is 1.03. The Labute approximate surface area is 190 Å². The van der Waals surface area contributed by atoms with Gasteiger partial charge in [0.1, 0.15) is 23.6 Å². The predicted octanol–water partition coefficient (Wildman–Crippen LogP) is 1.90. The van der Waals surface area contributed by atoms with E-state index in [4.69, 9.17) is 9.15 Å². The van der Waals surface area contributed by atoms with E-state index in [2.05, 4.69) is 5.32 Å². The number of nitrogens with zero attached hydrogens (tertiary/aromatic N) is 2. The molecule has 0 saturated carbocycles. The van der Waals surface area contributed by atoms with Crippen LogP contribution in [0.2, 0.25) is 0 Å². The lowest BCUT2D eigenvalue weighted by atomic mass is 10.0. The second-order valence-electron chi connectivity index (χ2n) is 8.33. The Balaban J connectivity index is 1.25. The van der Waals surface area contributed by atoms with Gasteiger partial charge in [-0.3, -0.25) is 14.4 Å². The first-order valence-corrected chi connectivity index (χ1v) is 11.8.